The summed E-state index contributed by atoms with van der Waals surface area (Å²) in [7, 11) is 1.76. The van der Waals surface area contributed by atoms with Crippen LogP contribution in [0.5, 0.6) is 0 Å². The zero-order chi connectivity index (χ0) is 16.0. The predicted octanol–water partition coefficient (Wildman–Crippen LogP) is 1.47. The molecule has 0 aliphatic carbocycles. The van der Waals surface area contributed by atoms with Gasteiger partial charge in [-0.3, -0.25) is 14.3 Å². The van der Waals surface area contributed by atoms with Gasteiger partial charge in [-0.05, 0) is 20.3 Å². The molecule has 0 aliphatic heterocycles. The zero-order valence-electron chi connectivity index (χ0n) is 13.6. The highest BCUT2D eigenvalue weighted by atomic mass is 16.2. The van der Waals surface area contributed by atoms with Crippen LogP contribution >= 0.6 is 0 Å². The lowest BCUT2D eigenvalue weighted by Crippen LogP contribution is -2.46. The van der Waals surface area contributed by atoms with E-state index in [1.54, 1.807) is 11.9 Å². The normalized spacial score (nSPS) is 12.0. The summed E-state index contributed by atoms with van der Waals surface area (Å²) in [5.41, 5.74) is 1.97. The first kappa shape index (κ1) is 17.2. The number of amides is 2. The third-order valence-electron chi connectivity index (χ3n) is 3.41. The standard InChI is InChI=1S/C15H26N4O2/c1-6-8-14(16-12(4)20)15(21)18(5)9-13-10-19(7-2)17-11(13)3/h10,14H,6-9H2,1-5H3,(H,16,20). The maximum absolute atomic E-state index is 12.4. The van der Waals surface area contributed by atoms with Crippen LogP contribution in [0.15, 0.2) is 6.20 Å². The van der Waals surface area contributed by atoms with Crippen LogP contribution in [0.1, 0.15) is 44.9 Å². The van der Waals surface area contributed by atoms with Gasteiger partial charge >= 0.3 is 0 Å². The van der Waals surface area contributed by atoms with Crippen LogP contribution < -0.4 is 5.32 Å². The zero-order valence-corrected chi connectivity index (χ0v) is 13.6. The number of aromatic nitrogens is 2. The van der Waals surface area contributed by atoms with E-state index in [1.165, 1.54) is 6.92 Å². The molecule has 0 saturated heterocycles. The van der Waals surface area contributed by atoms with Gasteiger partial charge in [-0.1, -0.05) is 13.3 Å². The van der Waals surface area contributed by atoms with Crippen molar-refractivity contribution < 1.29 is 9.59 Å². The maximum Gasteiger partial charge on any atom is 0.245 e. The summed E-state index contributed by atoms with van der Waals surface area (Å²) in [6, 6.07) is -0.445. The van der Waals surface area contributed by atoms with Gasteiger partial charge in [0.05, 0.1) is 5.69 Å². The van der Waals surface area contributed by atoms with Gasteiger partial charge in [0, 0.05) is 38.8 Å². The molecule has 1 N–H and O–H groups in total. The lowest BCUT2D eigenvalue weighted by atomic mass is 10.1. The first-order valence-electron chi connectivity index (χ1n) is 7.44. The minimum atomic E-state index is -0.445. The van der Waals surface area contributed by atoms with Gasteiger partial charge in [-0.2, -0.15) is 5.10 Å². The van der Waals surface area contributed by atoms with E-state index in [1.807, 2.05) is 31.6 Å². The van der Waals surface area contributed by atoms with Gasteiger partial charge in [-0.15, -0.1) is 0 Å². The molecule has 1 heterocycles. The molecule has 1 aromatic rings. The molecular formula is C15H26N4O2. The molecule has 0 spiro atoms. The molecule has 0 radical (unpaired) electrons. The number of rotatable bonds is 7. The van der Waals surface area contributed by atoms with E-state index in [0.717, 1.165) is 24.2 Å². The molecular weight excluding hydrogens is 268 g/mol. The Morgan fingerprint density at radius 2 is 2.10 bits per heavy atom. The molecule has 6 heteroatoms. The van der Waals surface area contributed by atoms with E-state index in [-0.39, 0.29) is 11.8 Å². The topological polar surface area (TPSA) is 67.2 Å². The van der Waals surface area contributed by atoms with Crippen molar-refractivity contribution in [3.05, 3.63) is 17.5 Å². The van der Waals surface area contributed by atoms with E-state index in [0.29, 0.717) is 13.0 Å². The Hall–Kier alpha value is -1.85. The number of aryl methyl sites for hydroxylation is 2. The molecule has 0 aliphatic rings. The first-order chi connectivity index (χ1) is 9.88. The number of likely N-dealkylation sites (N-methyl/N-ethyl adjacent to an activating group) is 1. The molecule has 1 unspecified atom stereocenters. The van der Waals surface area contributed by atoms with Crippen LogP contribution in [0.2, 0.25) is 0 Å². The van der Waals surface area contributed by atoms with Gasteiger partial charge < -0.3 is 10.2 Å². The van der Waals surface area contributed by atoms with E-state index in [4.69, 9.17) is 0 Å². The highest BCUT2D eigenvalue weighted by Gasteiger charge is 2.22. The van der Waals surface area contributed by atoms with Crippen molar-refractivity contribution >= 4 is 11.8 Å². The van der Waals surface area contributed by atoms with Gasteiger partial charge in [-0.25, -0.2) is 0 Å². The molecule has 0 fully saturated rings. The number of nitrogens with one attached hydrogen (secondary N) is 1. The SMILES string of the molecule is CCCC(NC(C)=O)C(=O)N(C)Cc1cn(CC)nc1C. The third-order valence-corrected chi connectivity index (χ3v) is 3.41. The van der Waals surface area contributed by atoms with Crippen molar-refractivity contribution in [2.75, 3.05) is 7.05 Å². The number of nitrogens with zero attached hydrogens (tertiary/aromatic N) is 3. The molecule has 6 nitrogen and oxygen atoms in total. The second-order valence-corrected chi connectivity index (χ2v) is 5.33. The fourth-order valence-electron chi connectivity index (χ4n) is 2.27. The Morgan fingerprint density at radius 3 is 2.57 bits per heavy atom. The molecule has 1 atom stereocenters. The summed E-state index contributed by atoms with van der Waals surface area (Å²) in [6.45, 7) is 8.71. The minimum Gasteiger partial charge on any atom is -0.345 e. The van der Waals surface area contributed by atoms with Crippen LogP contribution in [-0.4, -0.2) is 39.6 Å². The van der Waals surface area contributed by atoms with E-state index in [9.17, 15) is 9.59 Å². The van der Waals surface area contributed by atoms with Crippen molar-refractivity contribution in [3.63, 3.8) is 0 Å². The summed E-state index contributed by atoms with van der Waals surface area (Å²) in [5, 5.41) is 7.11. The Kier molecular flexibility index (Phi) is 6.39. The number of carbonyl (C=O) groups is 2. The highest BCUT2D eigenvalue weighted by Crippen LogP contribution is 2.10. The average Bonchev–Trinajstić information content (AvgIpc) is 2.77. The van der Waals surface area contributed by atoms with Crippen molar-refractivity contribution in [2.24, 2.45) is 0 Å². The lowest BCUT2D eigenvalue weighted by Gasteiger charge is -2.23. The van der Waals surface area contributed by atoms with Crippen molar-refractivity contribution in [1.29, 1.82) is 0 Å². The fraction of sp³-hybridized carbons (Fsp3) is 0.667. The second kappa shape index (κ2) is 7.81. The van der Waals surface area contributed by atoms with E-state index >= 15 is 0 Å². The highest BCUT2D eigenvalue weighted by molar-refractivity contribution is 5.86. The smallest absolute Gasteiger partial charge is 0.245 e. The summed E-state index contributed by atoms with van der Waals surface area (Å²) in [6.07, 6.45) is 3.46. The van der Waals surface area contributed by atoms with E-state index in [2.05, 4.69) is 10.4 Å². The maximum atomic E-state index is 12.4. The largest absolute Gasteiger partial charge is 0.345 e. The molecule has 0 aromatic carbocycles. The molecule has 0 saturated carbocycles. The summed E-state index contributed by atoms with van der Waals surface area (Å²) in [4.78, 5) is 25.3. The predicted molar refractivity (Wildman–Crippen MR) is 81.6 cm³/mol. The van der Waals surface area contributed by atoms with Crippen molar-refractivity contribution in [2.45, 2.75) is 59.7 Å². The Balaban J connectivity index is 2.75. The molecule has 2 amide bonds. The molecule has 21 heavy (non-hydrogen) atoms. The van der Waals surface area contributed by atoms with Crippen LogP contribution in [-0.2, 0) is 22.7 Å². The van der Waals surface area contributed by atoms with Crippen molar-refractivity contribution in [1.82, 2.24) is 20.0 Å². The van der Waals surface area contributed by atoms with Crippen LogP contribution in [0, 0.1) is 6.92 Å². The number of hydrogen-bond acceptors (Lipinski definition) is 3. The number of carbonyl (C=O) groups excluding carboxylic acids is 2. The average molecular weight is 294 g/mol. The van der Waals surface area contributed by atoms with Crippen LogP contribution in [0.3, 0.4) is 0 Å². The Labute approximate surface area is 126 Å². The number of hydrogen-bond donors (Lipinski definition) is 1. The molecule has 118 valence electrons. The van der Waals surface area contributed by atoms with Crippen LogP contribution in [0.4, 0.5) is 0 Å². The lowest BCUT2D eigenvalue weighted by molar-refractivity contribution is -0.135. The van der Waals surface area contributed by atoms with Gasteiger partial charge in [0.25, 0.3) is 0 Å². The Morgan fingerprint density at radius 1 is 1.43 bits per heavy atom. The third kappa shape index (κ3) is 4.88. The first-order valence-corrected chi connectivity index (χ1v) is 7.44. The van der Waals surface area contributed by atoms with E-state index < -0.39 is 6.04 Å². The monoisotopic (exact) mass is 294 g/mol. The summed E-state index contributed by atoms with van der Waals surface area (Å²) < 4.78 is 1.86. The van der Waals surface area contributed by atoms with Gasteiger partial charge in [0.2, 0.25) is 11.8 Å². The second-order valence-electron chi connectivity index (χ2n) is 5.33. The Bertz CT molecular complexity index is 496. The van der Waals surface area contributed by atoms with Crippen LogP contribution in [0.25, 0.3) is 0 Å². The fourth-order valence-corrected chi connectivity index (χ4v) is 2.27. The van der Waals surface area contributed by atoms with Gasteiger partial charge in [0.15, 0.2) is 0 Å². The molecule has 1 aromatic heterocycles. The minimum absolute atomic E-state index is 0.0595. The summed E-state index contributed by atoms with van der Waals surface area (Å²) >= 11 is 0. The van der Waals surface area contributed by atoms with Crippen molar-refractivity contribution in [3.8, 4) is 0 Å². The summed E-state index contributed by atoms with van der Waals surface area (Å²) in [5.74, 6) is -0.235. The molecule has 0 bridgehead atoms. The quantitative estimate of drug-likeness (QED) is 0.828. The molecule has 1 rings (SSSR count). The van der Waals surface area contributed by atoms with Gasteiger partial charge in [0.1, 0.15) is 6.04 Å².